The molecule has 0 radical (unpaired) electrons. The Labute approximate surface area is 325 Å². The minimum Gasteiger partial charge on any atom is -0.381 e. The van der Waals surface area contributed by atoms with Gasteiger partial charge in [-0.2, -0.15) is 0 Å². The van der Waals surface area contributed by atoms with E-state index in [9.17, 15) is 43.2 Å². The number of imide groups is 3. The molecule has 1 atom stereocenters. The Morgan fingerprint density at radius 1 is 0.709 bits per heavy atom. The molecular weight excluding hydrogens is 753 g/mol. The standard InChI is InChI=1S/C20H24N2O7.C18H16N2O4S2/c23-15(9-11-21-17(25)5-6-18(21)26)3-1-13-29-14-2-4-16(24)10-12-22-19(27)7-8-20(22)28;1-12(25-26-15-4-2-3-11-19-15)13-5-7-14(8-6-13)18(23)24-20-16(21)9-10-17(20)22/h5-8H,1-4,9-14H2;2-8,11-12H,9-10H2,1H3. The van der Waals surface area contributed by atoms with Gasteiger partial charge in [0.25, 0.3) is 35.4 Å². The number of carbonyl (C=O) groups is 9. The van der Waals surface area contributed by atoms with Crippen LogP contribution in [0.4, 0.5) is 0 Å². The van der Waals surface area contributed by atoms with Crippen molar-refractivity contribution in [3.63, 3.8) is 0 Å². The number of ether oxygens (including phenoxy) is 1. The molecule has 5 rings (SSSR count). The van der Waals surface area contributed by atoms with Crippen molar-refractivity contribution >= 4 is 74.6 Å². The van der Waals surface area contributed by atoms with Gasteiger partial charge in [-0.05, 0) is 60.4 Å². The van der Waals surface area contributed by atoms with Crippen molar-refractivity contribution in [2.45, 2.75) is 68.6 Å². The lowest BCUT2D eigenvalue weighted by atomic mass is 10.1. The minimum absolute atomic E-state index is 0.0447. The third kappa shape index (κ3) is 13.5. The van der Waals surface area contributed by atoms with E-state index in [1.165, 1.54) is 24.3 Å². The molecule has 0 bridgehead atoms. The van der Waals surface area contributed by atoms with Crippen molar-refractivity contribution in [1.82, 2.24) is 19.8 Å². The van der Waals surface area contributed by atoms with Crippen LogP contribution in [-0.2, 0) is 47.9 Å². The van der Waals surface area contributed by atoms with E-state index < -0.39 is 41.4 Å². The Morgan fingerprint density at radius 3 is 1.69 bits per heavy atom. The first-order chi connectivity index (χ1) is 26.4. The number of hydrogen-bond donors (Lipinski definition) is 0. The van der Waals surface area contributed by atoms with E-state index in [4.69, 9.17) is 9.57 Å². The van der Waals surface area contributed by atoms with Gasteiger partial charge in [0.1, 0.15) is 16.6 Å². The Hall–Kier alpha value is -5.26. The Balaban J connectivity index is 0.000000246. The first kappa shape index (κ1) is 42.5. The first-order valence-corrected chi connectivity index (χ1v) is 19.7. The van der Waals surface area contributed by atoms with Gasteiger partial charge in [-0.15, -0.1) is 5.06 Å². The van der Waals surface area contributed by atoms with Crippen LogP contribution in [0.1, 0.15) is 79.5 Å². The molecule has 2 aromatic rings. The molecular formula is C38H40N4O11S2. The number of Topliss-reactive ketones (excluding diaryl/α,β-unsaturated/α-hetero) is 2. The van der Waals surface area contributed by atoms with Crippen LogP contribution >= 0.6 is 21.6 Å². The van der Waals surface area contributed by atoms with Crippen molar-refractivity contribution < 1.29 is 52.7 Å². The predicted octanol–water partition coefficient (Wildman–Crippen LogP) is 4.14. The highest BCUT2D eigenvalue weighted by Gasteiger charge is 2.33. The van der Waals surface area contributed by atoms with Gasteiger partial charge in [0.15, 0.2) is 0 Å². The summed E-state index contributed by atoms with van der Waals surface area (Å²) < 4.78 is 5.40. The van der Waals surface area contributed by atoms with Crippen molar-refractivity contribution in [2.24, 2.45) is 0 Å². The maximum atomic E-state index is 12.1. The van der Waals surface area contributed by atoms with Crippen LogP contribution < -0.4 is 0 Å². The summed E-state index contributed by atoms with van der Waals surface area (Å²) in [7, 11) is 3.25. The lowest BCUT2D eigenvalue weighted by molar-refractivity contribution is -0.172. The Bertz CT molecular complexity index is 1720. The predicted molar refractivity (Wildman–Crippen MR) is 199 cm³/mol. The molecule has 6 amide bonds. The van der Waals surface area contributed by atoms with Crippen LogP contribution in [0.2, 0.25) is 0 Å². The molecule has 3 aliphatic heterocycles. The number of carbonyl (C=O) groups excluding carboxylic acids is 9. The Kier molecular flexibility index (Phi) is 16.7. The lowest BCUT2D eigenvalue weighted by Gasteiger charge is -2.13. The molecule has 290 valence electrons. The van der Waals surface area contributed by atoms with Crippen LogP contribution in [0.15, 0.2) is 78.0 Å². The van der Waals surface area contributed by atoms with Crippen molar-refractivity contribution in [3.05, 3.63) is 84.1 Å². The van der Waals surface area contributed by atoms with Gasteiger partial charge in [-0.3, -0.25) is 48.2 Å². The molecule has 0 aliphatic carbocycles. The van der Waals surface area contributed by atoms with Crippen LogP contribution in [0.3, 0.4) is 0 Å². The second kappa shape index (κ2) is 21.6. The summed E-state index contributed by atoms with van der Waals surface area (Å²) in [6, 6.07) is 12.7. The molecule has 15 nitrogen and oxygen atoms in total. The molecule has 0 saturated carbocycles. The highest BCUT2D eigenvalue weighted by molar-refractivity contribution is 8.76. The van der Waals surface area contributed by atoms with Crippen LogP contribution in [0.25, 0.3) is 0 Å². The van der Waals surface area contributed by atoms with E-state index in [1.807, 2.05) is 30.3 Å². The largest absolute Gasteiger partial charge is 0.381 e. The fourth-order valence-electron chi connectivity index (χ4n) is 5.13. The second-order valence-corrected chi connectivity index (χ2v) is 14.9. The molecule has 1 fully saturated rings. The topological polar surface area (TPSA) is 195 Å². The average molecular weight is 793 g/mol. The number of hydrogen-bond acceptors (Lipinski definition) is 14. The summed E-state index contributed by atoms with van der Waals surface area (Å²) >= 11 is 0. The summed E-state index contributed by atoms with van der Waals surface area (Å²) in [4.78, 5) is 115. The molecule has 1 aromatic carbocycles. The van der Waals surface area contributed by atoms with Crippen LogP contribution in [-0.4, -0.2) is 99.1 Å². The number of nitrogens with zero attached hydrogens (tertiary/aromatic N) is 4. The molecule has 17 heteroatoms. The van der Waals surface area contributed by atoms with E-state index in [-0.39, 0.29) is 61.2 Å². The number of aromatic nitrogens is 1. The van der Waals surface area contributed by atoms with E-state index in [1.54, 1.807) is 39.9 Å². The number of hydroxylamine groups is 2. The Morgan fingerprint density at radius 2 is 1.22 bits per heavy atom. The number of rotatable bonds is 20. The summed E-state index contributed by atoms with van der Waals surface area (Å²) in [6.45, 7) is 3.01. The normalized spacial score (nSPS) is 15.5. The smallest absolute Gasteiger partial charge is 0.363 e. The van der Waals surface area contributed by atoms with Gasteiger partial charge >= 0.3 is 5.97 Å². The fourth-order valence-corrected chi connectivity index (χ4v) is 7.24. The van der Waals surface area contributed by atoms with Gasteiger partial charge in [0.2, 0.25) is 0 Å². The third-order valence-corrected chi connectivity index (χ3v) is 11.0. The maximum absolute atomic E-state index is 12.1. The van der Waals surface area contributed by atoms with E-state index in [0.717, 1.165) is 20.4 Å². The molecule has 1 saturated heterocycles. The molecule has 1 unspecified atom stereocenters. The van der Waals surface area contributed by atoms with Gasteiger partial charge in [0, 0.05) is 101 Å². The van der Waals surface area contributed by atoms with Crippen molar-refractivity contribution in [1.29, 1.82) is 0 Å². The van der Waals surface area contributed by atoms with E-state index >= 15 is 0 Å². The molecule has 55 heavy (non-hydrogen) atoms. The van der Waals surface area contributed by atoms with E-state index in [2.05, 4.69) is 11.9 Å². The zero-order valence-corrected chi connectivity index (χ0v) is 31.7. The number of ketones is 2. The summed E-state index contributed by atoms with van der Waals surface area (Å²) in [5, 5.41) is 1.68. The van der Waals surface area contributed by atoms with Crippen LogP contribution in [0.5, 0.6) is 0 Å². The number of benzene rings is 1. The highest BCUT2D eigenvalue weighted by Crippen LogP contribution is 2.41. The molecule has 0 N–H and O–H groups in total. The zero-order valence-electron chi connectivity index (χ0n) is 30.1. The second-order valence-electron chi connectivity index (χ2n) is 12.3. The number of amides is 6. The minimum atomic E-state index is -0.719. The van der Waals surface area contributed by atoms with Gasteiger partial charge in [-0.25, -0.2) is 9.78 Å². The van der Waals surface area contributed by atoms with Crippen LogP contribution in [0, 0.1) is 0 Å². The first-order valence-electron chi connectivity index (χ1n) is 17.5. The third-order valence-electron chi connectivity index (χ3n) is 8.23. The van der Waals surface area contributed by atoms with E-state index in [0.29, 0.717) is 44.0 Å². The average Bonchev–Trinajstić information content (AvgIpc) is 3.81. The fraction of sp³-hybridized carbons (Fsp3) is 0.368. The number of pyridine rings is 1. The van der Waals surface area contributed by atoms with Crippen molar-refractivity contribution in [2.75, 3.05) is 26.3 Å². The lowest BCUT2D eigenvalue weighted by Crippen LogP contribution is -2.32. The highest BCUT2D eigenvalue weighted by atomic mass is 33.1. The van der Waals surface area contributed by atoms with Crippen molar-refractivity contribution in [3.8, 4) is 0 Å². The molecule has 3 aliphatic rings. The molecule has 0 spiro atoms. The summed E-state index contributed by atoms with van der Waals surface area (Å²) in [5.74, 6) is -3.36. The SMILES string of the molecule is CC(SSc1ccccn1)c1ccc(C(=O)ON2C(=O)CCC2=O)cc1.O=C(CCCOCCCC(=O)CCN1C(=O)C=CC1=O)CCN1C(=O)C=CC1=O. The molecule has 4 heterocycles. The monoisotopic (exact) mass is 792 g/mol. The van der Waals surface area contributed by atoms with Gasteiger partial charge < -0.3 is 9.57 Å². The summed E-state index contributed by atoms with van der Waals surface area (Å²) in [6.07, 6.45) is 8.58. The molecule has 1 aromatic heterocycles. The maximum Gasteiger partial charge on any atom is 0.363 e. The quantitative estimate of drug-likeness (QED) is 0.105. The zero-order chi connectivity index (χ0) is 39.7. The van der Waals surface area contributed by atoms with Gasteiger partial charge in [0.05, 0.1) is 5.56 Å². The summed E-state index contributed by atoms with van der Waals surface area (Å²) in [5.41, 5.74) is 1.33. The van der Waals surface area contributed by atoms with Gasteiger partial charge in [-0.1, -0.05) is 29.0 Å².